The maximum absolute atomic E-state index is 12.8. The van der Waals surface area contributed by atoms with Crippen molar-refractivity contribution < 1.29 is 4.79 Å². The van der Waals surface area contributed by atoms with Gasteiger partial charge in [0.25, 0.3) is 0 Å². The van der Waals surface area contributed by atoms with Gasteiger partial charge in [0, 0.05) is 10.9 Å². The highest BCUT2D eigenvalue weighted by molar-refractivity contribution is 7.08. The smallest absolute Gasteiger partial charge is 0.224 e. The number of amides is 1. The van der Waals surface area contributed by atoms with Crippen LogP contribution in [0.4, 0.5) is 0 Å². The molecule has 0 saturated heterocycles. The molecule has 3 N–H and O–H groups in total. The SMILES string of the molecule is NC[C@H]1CCC[C@H]1C(=O)NC(c1ccc(Cl)cc1)c1ccsc1. The van der Waals surface area contributed by atoms with Gasteiger partial charge in [-0.3, -0.25) is 4.79 Å². The Morgan fingerprint density at radius 2 is 2.04 bits per heavy atom. The van der Waals surface area contributed by atoms with Crippen molar-refractivity contribution in [1.29, 1.82) is 0 Å². The molecule has 122 valence electrons. The summed E-state index contributed by atoms with van der Waals surface area (Å²) < 4.78 is 0. The van der Waals surface area contributed by atoms with E-state index in [4.69, 9.17) is 17.3 Å². The summed E-state index contributed by atoms with van der Waals surface area (Å²) in [7, 11) is 0. The normalized spacial score (nSPS) is 22.0. The third-order valence-electron chi connectivity index (χ3n) is 4.67. The molecule has 5 heteroatoms. The van der Waals surface area contributed by atoms with Crippen LogP contribution in [0.3, 0.4) is 0 Å². The van der Waals surface area contributed by atoms with Gasteiger partial charge in [-0.15, -0.1) is 0 Å². The summed E-state index contributed by atoms with van der Waals surface area (Å²) in [6.45, 7) is 0.585. The Balaban J connectivity index is 1.82. The average molecular weight is 349 g/mol. The Labute approximate surface area is 145 Å². The number of halogens is 1. The summed E-state index contributed by atoms with van der Waals surface area (Å²) in [4.78, 5) is 12.8. The molecule has 1 aromatic carbocycles. The van der Waals surface area contributed by atoms with E-state index in [1.54, 1.807) is 11.3 Å². The maximum atomic E-state index is 12.8. The number of hydrogen-bond donors (Lipinski definition) is 2. The lowest BCUT2D eigenvalue weighted by Gasteiger charge is -2.23. The number of thiophene rings is 1. The van der Waals surface area contributed by atoms with Crippen molar-refractivity contribution in [3.05, 3.63) is 57.2 Å². The minimum atomic E-state index is -0.134. The fraction of sp³-hybridized carbons (Fsp3) is 0.389. The number of hydrogen-bond acceptors (Lipinski definition) is 3. The molecule has 1 fully saturated rings. The molecular weight excluding hydrogens is 328 g/mol. The van der Waals surface area contributed by atoms with Crippen molar-refractivity contribution in [3.8, 4) is 0 Å². The first kappa shape index (κ1) is 16.5. The summed E-state index contributed by atoms with van der Waals surface area (Å²) in [5, 5.41) is 8.04. The molecule has 3 nitrogen and oxygen atoms in total. The molecule has 1 unspecified atom stereocenters. The van der Waals surface area contributed by atoms with E-state index in [-0.39, 0.29) is 17.9 Å². The van der Waals surface area contributed by atoms with Crippen LogP contribution in [0.25, 0.3) is 0 Å². The van der Waals surface area contributed by atoms with E-state index < -0.39 is 0 Å². The molecule has 1 aromatic heterocycles. The lowest BCUT2D eigenvalue weighted by Crippen LogP contribution is -2.37. The quantitative estimate of drug-likeness (QED) is 0.858. The third kappa shape index (κ3) is 3.77. The Bertz CT molecular complexity index is 642. The third-order valence-corrected chi connectivity index (χ3v) is 5.62. The zero-order chi connectivity index (χ0) is 16.2. The van der Waals surface area contributed by atoms with E-state index in [9.17, 15) is 4.79 Å². The average Bonchev–Trinajstić information content (AvgIpc) is 3.24. The summed E-state index contributed by atoms with van der Waals surface area (Å²) in [5.74, 6) is 0.459. The summed E-state index contributed by atoms with van der Waals surface area (Å²) in [5.41, 5.74) is 7.97. The van der Waals surface area contributed by atoms with Gasteiger partial charge >= 0.3 is 0 Å². The number of carbonyl (C=O) groups excluding carboxylic acids is 1. The Hall–Kier alpha value is -1.36. The molecular formula is C18H21ClN2OS. The molecule has 2 aromatic rings. The van der Waals surface area contributed by atoms with Gasteiger partial charge in [-0.2, -0.15) is 11.3 Å². The van der Waals surface area contributed by atoms with Gasteiger partial charge in [-0.05, 0) is 65.4 Å². The van der Waals surface area contributed by atoms with E-state index in [2.05, 4.69) is 16.8 Å². The number of nitrogens with one attached hydrogen (secondary N) is 1. The predicted molar refractivity (Wildman–Crippen MR) is 95.6 cm³/mol. The van der Waals surface area contributed by atoms with Crippen LogP contribution in [0, 0.1) is 11.8 Å². The van der Waals surface area contributed by atoms with Gasteiger partial charge in [-0.1, -0.05) is 30.2 Å². The van der Waals surface area contributed by atoms with E-state index in [1.165, 1.54) is 0 Å². The van der Waals surface area contributed by atoms with Crippen LogP contribution in [0.5, 0.6) is 0 Å². The van der Waals surface area contributed by atoms with Crippen molar-refractivity contribution in [2.75, 3.05) is 6.54 Å². The van der Waals surface area contributed by atoms with Crippen molar-refractivity contribution in [2.45, 2.75) is 25.3 Å². The van der Waals surface area contributed by atoms with E-state index >= 15 is 0 Å². The lowest BCUT2D eigenvalue weighted by atomic mass is 9.93. The second-order valence-corrected chi connectivity index (χ2v) is 7.30. The molecule has 0 bridgehead atoms. The molecule has 3 atom stereocenters. The molecule has 1 amide bonds. The zero-order valence-corrected chi connectivity index (χ0v) is 14.4. The highest BCUT2D eigenvalue weighted by Crippen LogP contribution is 2.33. The standard InChI is InChI=1S/C18H21ClN2OS/c19-15-6-4-12(5-7-15)17(14-8-9-23-11-14)21-18(22)16-3-1-2-13(16)10-20/h4-9,11,13,16-17H,1-3,10,20H2,(H,21,22)/t13-,16-,17?/m1/s1. The van der Waals surface area contributed by atoms with Crippen molar-refractivity contribution in [3.63, 3.8) is 0 Å². The predicted octanol–water partition coefficient (Wildman–Crippen LogP) is 3.98. The van der Waals surface area contributed by atoms with Crippen LogP contribution in [0.1, 0.15) is 36.4 Å². The number of benzene rings is 1. The van der Waals surface area contributed by atoms with Gasteiger partial charge in [0.05, 0.1) is 6.04 Å². The fourth-order valence-corrected chi connectivity index (χ4v) is 4.18. The van der Waals surface area contributed by atoms with Crippen molar-refractivity contribution in [1.82, 2.24) is 5.32 Å². The first-order chi connectivity index (χ1) is 11.2. The summed E-state index contributed by atoms with van der Waals surface area (Å²) in [6, 6.07) is 9.59. The second kappa shape index (κ2) is 7.47. The Morgan fingerprint density at radius 3 is 2.70 bits per heavy atom. The van der Waals surface area contributed by atoms with E-state index in [0.717, 1.165) is 30.4 Å². The van der Waals surface area contributed by atoms with E-state index in [1.807, 2.05) is 29.6 Å². The van der Waals surface area contributed by atoms with Crippen molar-refractivity contribution >= 4 is 28.8 Å². The van der Waals surface area contributed by atoms with Gasteiger partial charge in [0.1, 0.15) is 0 Å². The zero-order valence-electron chi connectivity index (χ0n) is 12.9. The first-order valence-corrected chi connectivity index (χ1v) is 9.29. The molecule has 23 heavy (non-hydrogen) atoms. The van der Waals surface area contributed by atoms with Crippen molar-refractivity contribution in [2.24, 2.45) is 17.6 Å². The van der Waals surface area contributed by atoms with Crippen LogP contribution in [0.2, 0.25) is 5.02 Å². The summed E-state index contributed by atoms with van der Waals surface area (Å²) >= 11 is 7.62. The molecule has 1 saturated carbocycles. The van der Waals surface area contributed by atoms with Gasteiger partial charge in [0.15, 0.2) is 0 Å². The number of nitrogens with two attached hydrogens (primary N) is 1. The molecule has 1 heterocycles. The molecule has 3 rings (SSSR count). The topological polar surface area (TPSA) is 55.1 Å². The first-order valence-electron chi connectivity index (χ1n) is 7.97. The minimum absolute atomic E-state index is 0.0356. The highest BCUT2D eigenvalue weighted by atomic mass is 35.5. The molecule has 0 spiro atoms. The molecule has 0 radical (unpaired) electrons. The van der Waals surface area contributed by atoms with Gasteiger partial charge < -0.3 is 11.1 Å². The minimum Gasteiger partial charge on any atom is -0.345 e. The van der Waals surface area contributed by atoms with Crippen LogP contribution in [0.15, 0.2) is 41.1 Å². The lowest BCUT2D eigenvalue weighted by molar-refractivity contribution is -0.126. The molecule has 1 aliphatic carbocycles. The highest BCUT2D eigenvalue weighted by Gasteiger charge is 2.33. The van der Waals surface area contributed by atoms with E-state index in [0.29, 0.717) is 17.5 Å². The van der Waals surface area contributed by atoms with Crippen LogP contribution >= 0.6 is 22.9 Å². The molecule has 1 aliphatic rings. The van der Waals surface area contributed by atoms with Crippen LogP contribution in [-0.2, 0) is 4.79 Å². The van der Waals surface area contributed by atoms with Crippen LogP contribution in [-0.4, -0.2) is 12.5 Å². The number of rotatable bonds is 5. The Kier molecular flexibility index (Phi) is 5.36. The van der Waals surface area contributed by atoms with Gasteiger partial charge in [-0.25, -0.2) is 0 Å². The largest absolute Gasteiger partial charge is 0.345 e. The molecule has 0 aliphatic heterocycles. The summed E-state index contributed by atoms with van der Waals surface area (Å²) in [6.07, 6.45) is 3.08. The fourth-order valence-electron chi connectivity index (χ4n) is 3.37. The van der Waals surface area contributed by atoms with Gasteiger partial charge in [0.2, 0.25) is 5.91 Å². The monoisotopic (exact) mass is 348 g/mol. The Morgan fingerprint density at radius 1 is 1.26 bits per heavy atom. The maximum Gasteiger partial charge on any atom is 0.224 e. The second-order valence-electron chi connectivity index (χ2n) is 6.08. The van der Waals surface area contributed by atoms with Crippen LogP contribution < -0.4 is 11.1 Å². The number of carbonyl (C=O) groups is 1.